The molecule has 0 N–H and O–H groups in total. The average molecular weight is 1830 g/mol. The summed E-state index contributed by atoms with van der Waals surface area (Å²) < 4.78 is 14.4. The number of aromatic nitrogens is 6. The number of fused-ring (bicyclic) bond motifs is 18. The molecule has 0 unspecified atom stereocenters. The summed E-state index contributed by atoms with van der Waals surface area (Å²) in [5.74, 6) is 0. The van der Waals surface area contributed by atoms with E-state index in [1.807, 2.05) is 0 Å². The van der Waals surface area contributed by atoms with Gasteiger partial charge in [-0.2, -0.15) is 0 Å². The first-order valence-corrected chi connectivity index (χ1v) is 49.5. The number of rotatable bonds is 14. The molecular weight excluding hydrogens is 1740 g/mol. The third-order valence-electron chi connectivity index (χ3n) is 29.2. The summed E-state index contributed by atoms with van der Waals surface area (Å²) >= 11 is 0. The highest BCUT2D eigenvalue weighted by molar-refractivity contribution is 6.18. The van der Waals surface area contributed by atoms with Gasteiger partial charge in [0.15, 0.2) is 0 Å². The van der Waals surface area contributed by atoms with E-state index in [-0.39, 0.29) is 0 Å². The zero-order valence-electron chi connectivity index (χ0n) is 78.8. The molecule has 0 radical (unpaired) electrons. The van der Waals surface area contributed by atoms with Crippen LogP contribution in [0.1, 0.15) is 0 Å². The molecule has 0 fully saturated rings. The molecule has 0 amide bonds. The second kappa shape index (κ2) is 35.7. The van der Waals surface area contributed by atoms with Gasteiger partial charge in [-0.25, -0.2) is 0 Å². The molecule has 0 atom stereocenters. The fourth-order valence-corrected chi connectivity index (χ4v) is 22.3. The molecule has 0 aliphatic heterocycles. The Kier molecular flexibility index (Phi) is 20.9. The highest BCUT2D eigenvalue weighted by Gasteiger charge is 2.24. The smallest absolute Gasteiger partial charge is 0.0547 e. The molecule has 6 aromatic heterocycles. The fraction of sp³-hybridized carbons (Fsp3) is 0. The molecule has 6 nitrogen and oxygen atoms in total. The Morgan fingerprint density at radius 1 is 0.0764 bits per heavy atom. The monoisotopic (exact) mass is 1830 g/mol. The van der Waals surface area contributed by atoms with E-state index in [0.717, 1.165) is 17.1 Å². The number of benzene rings is 23. The SMILES string of the molecule is c1ccc(-c2ccc(-n3c4ccc(-c5ccccc5)cc4c4cc(-c5ccc6c7ccccc7n(-c7ccccc7)c6c5)ccc43)cc2)cc1.c1ccc(-c2ccc(-n3c4ccccc4c4cc(-c5ccc6c(c5)c5ccc(-c7ccccc7)cc5n6-c5ccccc5)ccc43)cc2)cc1.c1ccc(-c2ccc3c4cc(-c5ccc6c(c5)c5ccccc5n6-c5ccccc5)ccc4n(-c4ccccc4)c3c2)cc1. The Bertz CT molecular complexity index is 9930. The zero-order chi connectivity index (χ0) is 95.1. The Morgan fingerprint density at radius 3 is 0.472 bits per heavy atom. The summed E-state index contributed by atoms with van der Waals surface area (Å²) in [5, 5.41) is 15.1. The van der Waals surface area contributed by atoms with Crippen LogP contribution in [0.25, 0.3) is 254 Å². The van der Waals surface area contributed by atoms with Gasteiger partial charge in [-0.3, -0.25) is 0 Å². The highest BCUT2D eigenvalue weighted by Crippen LogP contribution is 2.46. The average Bonchev–Trinajstić information content (AvgIpc) is 1.59. The minimum absolute atomic E-state index is 1.15. The van der Waals surface area contributed by atoms with Crippen LogP contribution in [-0.2, 0) is 0 Å². The van der Waals surface area contributed by atoms with Crippen molar-refractivity contribution in [3.63, 3.8) is 0 Å². The second-order valence-corrected chi connectivity index (χ2v) is 37.4. The van der Waals surface area contributed by atoms with Gasteiger partial charge in [0, 0.05) is 98.8 Å². The van der Waals surface area contributed by atoms with Gasteiger partial charge < -0.3 is 27.4 Å². The lowest BCUT2D eigenvalue weighted by Crippen LogP contribution is -1.94. The van der Waals surface area contributed by atoms with Crippen molar-refractivity contribution in [1.82, 2.24) is 27.4 Å². The molecule has 23 aromatic carbocycles. The molecule has 144 heavy (non-hydrogen) atoms. The summed E-state index contributed by atoms with van der Waals surface area (Å²) in [5.41, 5.74) is 41.0. The van der Waals surface area contributed by atoms with E-state index in [2.05, 4.69) is 586 Å². The maximum atomic E-state index is 2.41. The minimum Gasteiger partial charge on any atom is -0.309 e. The largest absolute Gasteiger partial charge is 0.309 e. The van der Waals surface area contributed by atoms with Crippen molar-refractivity contribution in [2.24, 2.45) is 0 Å². The minimum atomic E-state index is 1.15. The van der Waals surface area contributed by atoms with Crippen molar-refractivity contribution in [1.29, 1.82) is 0 Å². The summed E-state index contributed by atoms with van der Waals surface area (Å²) in [6.45, 7) is 0. The van der Waals surface area contributed by atoms with E-state index in [0.29, 0.717) is 0 Å². The van der Waals surface area contributed by atoms with Crippen LogP contribution in [0.2, 0.25) is 0 Å². The van der Waals surface area contributed by atoms with Gasteiger partial charge in [0.2, 0.25) is 0 Å². The van der Waals surface area contributed by atoms with Crippen molar-refractivity contribution in [3.8, 4) is 123 Å². The lowest BCUT2D eigenvalue weighted by atomic mass is 9.99. The molecule has 0 saturated carbocycles. The number of hydrogen-bond donors (Lipinski definition) is 0. The summed E-state index contributed by atoms with van der Waals surface area (Å²) in [6, 6.07) is 202. The van der Waals surface area contributed by atoms with E-state index >= 15 is 0 Å². The van der Waals surface area contributed by atoms with Gasteiger partial charge in [0.1, 0.15) is 0 Å². The van der Waals surface area contributed by atoms with Crippen LogP contribution in [0.5, 0.6) is 0 Å². The maximum absolute atomic E-state index is 2.41. The quantitative estimate of drug-likeness (QED) is 0.104. The van der Waals surface area contributed by atoms with Gasteiger partial charge in [0.05, 0.1) is 66.2 Å². The van der Waals surface area contributed by atoms with Gasteiger partial charge in [0.25, 0.3) is 0 Å². The molecule has 674 valence electrons. The molecule has 6 heteroatoms. The molecule has 6 heterocycles. The third-order valence-corrected chi connectivity index (χ3v) is 29.2. The van der Waals surface area contributed by atoms with Crippen LogP contribution in [0.3, 0.4) is 0 Å². The Morgan fingerprint density at radius 2 is 0.215 bits per heavy atom. The highest BCUT2D eigenvalue weighted by atomic mass is 15.0. The Balaban J connectivity index is 0.000000108. The van der Waals surface area contributed by atoms with Crippen molar-refractivity contribution in [3.05, 3.63) is 558 Å². The predicted octanol–water partition coefficient (Wildman–Crippen LogP) is 37.0. The zero-order valence-corrected chi connectivity index (χ0v) is 78.8. The maximum Gasteiger partial charge on any atom is 0.0547 e. The molecule has 0 aliphatic carbocycles. The Hall–Kier alpha value is -19.1. The van der Waals surface area contributed by atoms with Crippen molar-refractivity contribution >= 4 is 131 Å². The second-order valence-electron chi connectivity index (χ2n) is 37.4. The van der Waals surface area contributed by atoms with Gasteiger partial charge in [-0.15, -0.1) is 0 Å². The van der Waals surface area contributed by atoms with E-state index in [9.17, 15) is 0 Å². The summed E-state index contributed by atoms with van der Waals surface area (Å²) in [4.78, 5) is 0. The lowest BCUT2D eigenvalue weighted by molar-refractivity contribution is 1.18. The molecule has 0 saturated heterocycles. The fourth-order valence-electron chi connectivity index (χ4n) is 22.3. The lowest BCUT2D eigenvalue weighted by Gasteiger charge is -2.11. The van der Waals surface area contributed by atoms with E-state index < -0.39 is 0 Å². The standard InChI is InChI=1S/2C48H32N2.C42H28N2/c1-4-12-33(13-5-1)35-20-25-40(26-21-35)49-45-19-11-10-18-41(45)43-30-36(23-28-46(43)49)37-24-29-47-44(31-37)42-27-22-38(34-14-6-2-7-15-34)32-48(42)50(47)39-16-8-3-9-17-39;1-4-12-33(13-5-1)35-20-25-40(26-21-35)49-46-28-23-36(34-14-6-2-7-15-34)30-43(46)44-31-37(24-29-47(44)49)38-22-27-42-41-18-10-11-19-45(41)50(48(42)32-38)39-16-8-3-9-17-39;1-4-12-29(13-5-1)32-20-23-36-38-27-31(22-25-41(38)44(42(36)28-32)34-16-8-3-9-17-34)30-21-24-40-37(26-30)35-18-10-11-19-39(35)43(40)33-14-6-2-7-15-33/h2*1-32H;1-28H. The van der Waals surface area contributed by atoms with Gasteiger partial charge in [-0.1, -0.05) is 376 Å². The van der Waals surface area contributed by atoms with Crippen molar-refractivity contribution < 1.29 is 0 Å². The summed E-state index contributed by atoms with van der Waals surface area (Å²) in [6.07, 6.45) is 0. The molecule has 29 aromatic rings. The van der Waals surface area contributed by atoms with Crippen LogP contribution in [0.15, 0.2) is 558 Å². The topological polar surface area (TPSA) is 29.6 Å². The van der Waals surface area contributed by atoms with Crippen LogP contribution in [-0.4, -0.2) is 27.4 Å². The van der Waals surface area contributed by atoms with Gasteiger partial charge >= 0.3 is 0 Å². The molecular formula is C138H92N6. The van der Waals surface area contributed by atoms with Crippen LogP contribution in [0.4, 0.5) is 0 Å². The van der Waals surface area contributed by atoms with E-state index in [1.54, 1.807) is 0 Å². The first kappa shape index (κ1) is 84.2. The van der Waals surface area contributed by atoms with Gasteiger partial charge in [-0.05, 0) is 271 Å². The Labute approximate surface area is 833 Å². The first-order chi connectivity index (χ1) is 71.4. The predicted molar refractivity (Wildman–Crippen MR) is 609 cm³/mol. The molecule has 0 aliphatic rings. The normalized spacial score (nSPS) is 11.6. The summed E-state index contributed by atoms with van der Waals surface area (Å²) in [7, 11) is 0. The van der Waals surface area contributed by atoms with Crippen LogP contribution >= 0.6 is 0 Å². The van der Waals surface area contributed by atoms with Crippen molar-refractivity contribution in [2.75, 3.05) is 0 Å². The molecule has 0 spiro atoms. The first-order valence-electron chi connectivity index (χ1n) is 49.5. The third kappa shape index (κ3) is 14.8. The van der Waals surface area contributed by atoms with E-state index in [4.69, 9.17) is 0 Å². The van der Waals surface area contributed by atoms with Crippen LogP contribution < -0.4 is 0 Å². The van der Waals surface area contributed by atoms with E-state index in [1.165, 1.54) is 237 Å². The van der Waals surface area contributed by atoms with Crippen molar-refractivity contribution in [2.45, 2.75) is 0 Å². The van der Waals surface area contributed by atoms with Crippen LogP contribution in [0, 0.1) is 0 Å². The number of para-hydroxylation sites is 7. The molecule has 29 rings (SSSR count). The molecule has 0 bridgehead atoms. The number of hydrogen-bond acceptors (Lipinski definition) is 0. The number of nitrogens with zero attached hydrogens (tertiary/aromatic N) is 6.